The van der Waals surface area contributed by atoms with Gasteiger partial charge in [0.05, 0.1) is 11.6 Å². The molecule has 1 aromatic carbocycles. The van der Waals surface area contributed by atoms with Gasteiger partial charge in [-0.05, 0) is 49.4 Å². The minimum atomic E-state index is -0.0423. The summed E-state index contributed by atoms with van der Waals surface area (Å²) < 4.78 is 0. The summed E-state index contributed by atoms with van der Waals surface area (Å²) in [5, 5.41) is 11.8. The number of nitrogens with one attached hydrogen (secondary N) is 1. The molecule has 0 saturated carbocycles. The van der Waals surface area contributed by atoms with Crippen molar-refractivity contribution in [3.8, 4) is 6.07 Å². The molecule has 3 N–H and O–H groups in total. The third-order valence-corrected chi connectivity index (χ3v) is 3.25. The summed E-state index contributed by atoms with van der Waals surface area (Å²) in [6.45, 7) is 6.68. The minimum absolute atomic E-state index is 0.0423. The topological polar surface area (TPSA) is 78.9 Å². The van der Waals surface area contributed by atoms with Crippen LogP contribution in [0.3, 0.4) is 0 Å². The van der Waals surface area contributed by atoms with Crippen LogP contribution in [0.1, 0.15) is 37.8 Å². The maximum atomic E-state index is 12.1. The lowest BCUT2D eigenvalue weighted by Crippen LogP contribution is -2.23. The minimum Gasteiger partial charge on any atom is -0.330 e. The van der Waals surface area contributed by atoms with Gasteiger partial charge in [-0.25, -0.2) is 0 Å². The van der Waals surface area contributed by atoms with Crippen LogP contribution in [0.25, 0.3) is 0 Å². The molecule has 4 heteroatoms. The van der Waals surface area contributed by atoms with Crippen LogP contribution in [0.5, 0.6) is 0 Å². The first-order valence-corrected chi connectivity index (χ1v) is 6.97. The summed E-state index contributed by atoms with van der Waals surface area (Å²) in [4.78, 5) is 12.1. The Bertz CT molecular complexity index is 503. The SMILES string of the molecule is Cc1ccc(C#N)cc1NC(=O)C[C@@H](CN)CC(C)C. The first-order chi connectivity index (χ1) is 9.46. The monoisotopic (exact) mass is 273 g/mol. The van der Waals surface area contributed by atoms with Gasteiger partial charge in [0.1, 0.15) is 0 Å². The molecule has 0 unspecified atom stereocenters. The summed E-state index contributed by atoms with van der Waals surface area (Å²) >= 11 is 0. The van der Waals surface area contributed by atoms with E-state index in [1.807, 2.05) is 13.0 Å². The molecule has 0 aliphatic heterocycles. The zero-order valence-electron chi connectivity index (χ0n) is 12.4. The average Bonchev–Trinajstić information content (AvgIpc) is 2.40. The molecular formula is C16H23N3O. The lowest BCUT2D eigenvalue weighted by atomic mass is 9.94. The standard InChI is InChI=1S/C16H23N3O/c1-11(2)6-14(10-18)8-16(20)19-15-7-13(9-17)5-4-12(15)3/h4-5,7,11,14H,6,8,10,18H2,1-3H3,(H,19,20)/t14-/m0/s1. The predicted molar refractivity (Wildman–Crippen MR) is 81.1 cm³/mol. The Morgan fingerprint density at radius 2 is 2.15 bits per heavy atom. The quantitative estimate of drug-likeness (QED) is 0.836. The van der Waals surface area contributed by atoms with E-state index in [9.17, 15) is 4.79 Å². The zero-order chi connectivity index (χ0) is 15.1. The van der Waals surface area contributed by atoms with Crippen molar-refractivity contribution in [3.05, 3.63) is 29.3 Å². The number of nitrogens with zero attached hydrogens (tertiary/aromatic N) is 1. The van der Waals surface area contributed by atoms with E-state index in [4.69, 9.17) is 11.0 Å². The third-order valence-electron chi connectivity index (χ3n) is 3.25. The maximum Gasteiger partial charge on any atom is 0.224 e. The Balaban J connectivity index is 2.68. The molecule has 0 fully saturated rings. The molecule has 0 aromatic heterocycles. The van der Waals surface area contributed by atoms with E-state index in [2.05, 4.69) is 25.2 Å². The van der Waals surface area contributed by atoms with Crippen molar-refractivity contribution >= 4 is 11.6 Å². The van der Waals surface area contributed by atoms with Gasteiger partial charge in [0.2, 0.25) is 5.91 Å². The number of benzene rings is 1. The molecule has 108 valence electrons. The predicted octanol–water partition coefficient (Wildman–Crippen LogP) is 2.82. The first-order valence-electron chi connectivity index (χ1n) is 6.97. The lowest BCUT2D eigenvalue weighted by molar-refractivity contribution is -0.117. The maximum absolute atomic E-state index is 12.1. The fourth-order valence-electron chi connectivity index (χ4n) is 2.22. The largest absolute Gasteiger partial charge is 0.330 e. The van der Waals surface area contributed by atoms with Gasteiger partial charge < -0.3 is 11.1 Å². The Hall–Kier alpha value is -1.86. The van der Waals surface area contributed by atoms with E-state index in [-0.39, 0.29) is 11.8 Å². The number of nitriles is 1. The van der Waals surface area contributed by atoms with Crippen LogP contribution in [0.4, 0.5) is 5.69 Å². The molecule has 1 aromatic rings. The van der Waals surface area contributed by atoms with Crippen LogP contribution < -0.4 is 11.1 Å². The van der Waals surface area contributed by atoms with Crippen molar-refractivity contribution in [1.82, 2.24) is 0 Å². The van der Waals surface area contributed by atoms with Gasteiger partial charge >= 0.3 is 0 Å². The Morgan fingerprint density at radius 1 is 1.45 bits per heavy atom. The molecule has 0 saturated heterocycles. The Kier molecular flexibility index (Phi) is 6.20. The molecule has 1 rings (SSSR count). The average molecular weight is 273 g/mol. The van der Waals surface area contributed by atoms with Gasteiger partial charge in [0.15, 0.2) is 0 Å². The number of aryl methyl sites for hydroxylation is 1. The summed E-state index contributed by atoms with van der Waals surface area (Å²) in [6, 6.07) is 7.35. The Labute approximate surface area is 121 Å². The summed E-state index contributed by atoms with van der Waals surface area (Å²) in [5.74, 6) is 0.689. The number of anilines is 1. The van der Waals surface area contributed by atoms with Crippen molar-refractivity contribution in [3.63, 3.8) is 0 Å². The molecule has 4 nitrogen and oxygen atoms in total. The van der Waals surface area contributed by atoms with Crippen LogP contribution in [-0.2, 0) is 4.79 Å². The lowest BCUT2D eigenvalue weighted by Gasteiger charge is -2.17. The molecule has 0 bridgehead atoms. The van der Waals surface area contributed by atoms with E-state index >= 15 is 0 Å². The van der Waals surface area contributed by atoms with Gasteiger partial charge in [0, 0.05) is 12.1 Å². The van der Waals surface area contributed by atoms with E-state index < -0.39 is 0 Å². The van der Waals surface area contributed by atoms with Crippen molar-refractivity contribution in [2.24, 2.45) is 17.6 Å². The number of carbonyl (C=O) groups is 1. The molecule has 1 atom stereocenters. The molecule has 0 radical (unpaired) electrons. The Morgan fingerprint density at radius 3 is 2.70 bits per heavy atom. The van der Waals surface area contributed by atoms with E-state index in [0.29, 0.717) is 30.1 Å². The van der Waals surface area contributed by atoms with Gasteiger partial charge in [0.25, 0.3) is 0 Å². The van der Waals surface area contributed by atoms with E-state index in [1.165, 1.54) is 0 Å². The fourth-order valence-corrected chi connectivity index (χ4v) is 2.22. The van der Waals surface area contributed by atoms with Gasteiger partial charge in [-0.15, -0.1) is 0 Å². The molecule has 20 heavy (non-hydrogen) atoms. The van der Waals surface area contributed by atoms with Crippen LogP contribution in [0.15, 0.2) is 18.2 Å². The van der Waals surface area contributed by atoms with Crippen molar-refractivity contribution < 1.29 is 4.79 Å². The van der Waals surface area contributed by atoms with Crippen molar-refractivity contribution in [1.29, 1.82) is 5.26 Å². The fraction of sp³-hybridized carbons (Fsp3) is 0.500. The van der Waals surface area contributed by atoms with Crippen LogP contribution in [0, 0.1) is 30.1 Å². The van der Waals surface area contributed by atoms with Crippen LogP contribution in [-0.4, -0.2) is 12.5 Å². The summed E-state index contributed by atoms with van der Waals surface area (Å²) in [6.07, 6.45) is 1.37. The number of hydrogen-bond acceptors (Lipinski definition) is 3. The van der Waals surface area contributed by atoms with E-state index in [0.717, 1.165) is 12.0 Å². The molecule has 0 spiro atoms. The van der Waals surface area contributed by atoms with Gasteiger partial charge in [-0.3, -0.25) is 4.79 Å². The number of amides is 1. The molecule has 0 aliphatic carbocycles. The first kappa shape index (κ1) is 16.2. The highest BCUT2D eigenvalue weighted by molar-refractivity contribution is 5.91. The highest BCUT2D eigenvalue weighted by Gasteiger charge is 2.15. The van der Waals surface area contributed by atoms with E-state index in [1.54, 1.807) is 12.1 Å². The van der Waals surface area contributed by atoms with Gasteiger partial charge in [-0.2, -0.15) is 5.26 Å². The normalized spacial score (nSPS) is 12.0. The second-order valence-corrected chi connectivity index (χ2v) is 5.63. The summed E-state index contributed by atoms with van der Waals surface area (Å²) in [7, 11) is 0. The van der Waals surface area contributed by atoms with Crippen molar-refractivity contribution in [2.45, 2.75) is 33.6 Å². The summed E-state index contributed by atoms with van der Waals surface area (Å²) in [5.41, 5.74) is 7.91. The van der Waals surface area contributed by atoms with Crippen molar-refractivity contribution in [2.75, 3.05) is 11.9 Å². The molecular weight excluding hydrogens is 250 g/mol. The van der Waals surface area contributed by atoms with Crippen LogP contribution >= 0.6 is 0 Å². The second-order valence-electron chi connectivity index (χ2n) is 5.63. The third kappa shape index (κ3) is 5.02. The molecule has 0 heterocycles. The highest BCUT2D eigenvalue weighted by Crippen LogP contribution is 2.19. The number of carbonyl (C=O) groups excluding carboxylic acids is 1. The number of hydrogen-bond donors (Lipinski definition) is 2. The van der Waals surface area contributed by atoms with Crippen LogP contribution in [0.2, 0.25) is 0 Å². The number of nitrogens with two attached hydrogens (primary N) is 1. The smallest absolute Gasteiger partial charge is 0.224 e. The zero-order valence-corrected chi connectivity index (χ0v) is 12.4. The molecule has 1 amide bonds. The molecule has 0 aliphatic rings. The highest BCUT2D eigenvalue weighted by atomic mass is 16.1. The van der Waals surface area contributed by atoms with Gasteiger partial charge in [-0.1, -0.05) is 19.9 Å². The number of rotatable bonds is 6. The second kappa shape index (κ2) is 7.66.